The average Bonchev–Trinajstić information content (AvgIpc) is 3.27. The monoisotopic (exact) mass is 430 g/mol. The van der Waals surface area contributed by atoms with Gasteiger partial charge in [0.25, 0.3) is 5.91 Å². The zero-order valence-corrected chi connectivity index (χ0v) is 17.3. The second-order valence-electron chi connectivity index (χ2n) is 7.11. The van der Waals surface area contributed by atoms with E-state index in [0.717, 1.165) is 10.5 Å². The van der Waals surface area contributed by atoms with Crippen LogP contribution in [-0.4, -0.2) is 44.0 Å². The second-order valence-corrected chi connectivity index (χ2v) is 10.2. The average molecular weight is 431 g/mol. The minimum Gasteiger partial charge on any atom is -0.348 e. The third kappa shape index (κ3) is 4.37. The quantitative estimate of drug-likeness (QED) is 0.741. The Labute approximate surface area is 174 Å². The van der Waals surface area contributed by atoms with Gasteiger partial charge in [0.05, 0.1) is 9.80 Å². The number of allylic oxidation sites excluding steroid dienone is 4. The number of nitrogens with zero attached hydrogens (tertiary/aromatic N) is 2. The van der Waals surface area contributed by atoms with Crippen molar-refractivity contribution in [1.29, 1.82) is 0 Å². The van der Waals surface area contributed by atoms with Crippen LogP contribution in [0.15, 0.2) is 68.4 Å². The lowest BCUT2D eigenvalue weighted by Gasteiger charge is -2.16. The molecule has 0 aromatic heterocycles. The summed E-state index contributed by atoms with van der Waals surface area (Å²) in [5, 5.41) is 2.89. The fourth-order valence-corrected chi connectivity index (χ4v) is 5.91. The highest BCUT2D eigenvalue weighted by Gasteiger charge is 2.31. The maximum atomic E-state index is 12.6. The van der Waals surface area contributed by atoms with Crippen LogP contribution in [0.1, 0.15) is 12.0 Å². The molecule has 3 heterocycles. The summed E-state index contributed by atoms with van der Waals surface area (Å²) in [5.41, 5.74) is 6.65. The molecule has 2 atom stereocenters. The van der Waals surface area contributed by atoms with Gasteiger partial charge in [-0.2, -0.15) is 4.31 Å². The van der Waals surface area contributed by atoms with Gasteiger partial charge in [0.1, 0.15) is 0 Å². The first-order chi connectivity index (χ1) is 13.9. The largest absolute Gasteiger partial charge is 0.348 e. The van der Waals surface area contributed by atoms with Crippen LogP contribution in [0.2, 0.25) is 0 Å². The van der Waals surface area contributed by atoms with Gasteiger partial charge in [-0.3, -0.25) is 9.79 Å². The first kappa shape index (κ1) is 20.1. The van der Waals surface area contributed by atoms with Crippen LogP contribution < -0.4 is 11.1 Å². The number of nitrogens with two attached hydrogens (primary N) is 1. The summed E-state index contributed by atoms with van der Waals surface area (Å²) in [7, 11) is -3.52. The minimum atomic E-state index is -3.52. The molecule has 0 radical (unpaired) electrons. The van der Waals surface area contributed by atoms with Gasteiger partial charge in [-0.1, -0.05) is 36.0 Å². The highest BCUT2D eigenvalue weighted by molar-refractivity contribution is 8.07. The van der Waals surface area contributed by atoms with E-state index in [1.807, 2.05) is 18.2 Å². The predicted octanol–water partition coefficient (Wildman–Crippen LogP) is 1.75. The summed E-state index contributed by atoms with van der Waals surface area (Å²) in [6, 6.07) is 6.51. The van der Waals surface area contributed by atoms with Crippen LogP contribution in [0.4, 0.5) is 0 Å². The smallest absolute Gasteiger partial charge is 0.258 e. The summed E-state index contributed by atoms with van der Waals surface area (Å²) >= 11 is 1.42. The molecule has 3 N–H and O–H groups in total. The van der Waals surface area contributed by atoms with E-state index >= 15 is 0 Å². The van der Waals surface area contributed by atoms with Crippen molar-refractivity contribution in [2.75, 3.05) is 13.1 Å². The zero-order chi connectivity index (χ0) is 20.4. The van der Waals surface area contributed by atoms with E-state index in [1.165, 1.54) is 16.1 Å². The Hall–Kier alpha value is -2.20. The van der Waals surface area contributed by atoms with Crippen LogP contribution in [0, 0.1) is 5.92 Å². The summed E-state index contributed by atoms with van der Waals surface area (Å²) in [6.07, 6.45) is 9.98. The van der Waals surface area contributed by atoms with Crippen molar-refractivity contribution in [2.24, 2.45) is 16.6 Å². The molecule has 7 nitrogen and oxygen atoms in total. The Balaban J connectivity index is 1.36. The molecule has 0 saturated carbocycles. The predicted molar refractivity (Wildman–Crippen MR) is 115 cm³/mol. The van der Waals surface area contributed by atoms with Crippen LogP contribution in [0.25, 0.3) is 0 Å². The molecule has 4 rings (SSSR count). The summed E-state index contributed by atoms with van der Waals surface area (Å²) in [5.74, 6) is -0.0597. The van der Waals surface area contributed by atoms with Gasteiger partial charge in [-0.15, -0.1) is 0 Å². The van der Waals surface area contributed by atoms with Crippen molar-refractivity contribution in [3.05, 3.63) is 64.1 Å². The first-order valence-corrected chi connectivity index (χ1v) is 11.6. The van der Waals surface area contributed by atoms with Gasteiger partial charge in [0.2, 0.25) is 10.0 Å². The van der Waals surface area contributed by atoms with Gasteiger partial charge in [-0.25, -0.2) is 8.42 Å². The van der Waals surface area contributed by atoms with Crippen molar-refractivity contribution < 1.29 is 13.2 Å². The molecule has 152 valence electrons. The van der Waals surface area contributed by atoms with Crippen molar-refractivity contribution >= 4 is 33.9 Å². The summed E-state index contributed by atoms with van der Waals surface area (Å²) in [4.78, 5) is 18.5. The number of sulfonamides is 1. The number of fused-ring (bicyclic) bond motifs is 1. The summed E-state index contributed by atoms with van der Waals surface area (Å²) < 4.78 is 26.7. The van der Waals surface area contributed by atoms with E-state index in [0.29, 0.717) is 31.0 Å². The molecule has 29 heavy (non-hydrogen) atoms. The molecule has 1 amide bonds. The molecule has 9 heteroatoms. The Morgan fingerprint density at radius 3 is 2.83 bits per heavy atom. The topological polar surface area (TPSA) is 105 Å². The minimum absolute atomic E-state index is 0.0893. The number of nitrogens with one attached hydrogen (secondary N) is 1. The molecule has 0 bridgehead atoms. The van der Waals surface area contributed by atoms with E-state index in [1.54, 1.807) is 36.7 Å². The number of hydrogen-bond acceptors (Lipinski definition) is 6. The maximum absolute atomic E-state index is 12.6. The van der Waals surface area contributed by atoms with Crippen LogP contribution in [-0.2, 0) is 21.4 Å². The third-order valence-corrected chi connectivity index (χ3v) is 8.04. The molecular weight excluding hydrogens is 408 g/mol. The number of thioether (sulfide) groups is 1. The van der Waals surface area contributed by atoms with Crippen molar-refractivity contribution in [1.82, 2.24) is 9.62 Å². The van der Waals surface area contributed by atoms with E-state index < -0.39 is 10.0 Å². The third-order valence-electron chi connectivity index (χ3n) is 5.01. The molecule has 2 unspecified atom stereocenters. The van der Waals surface area contributed by atoms with Gasteiger partial charge < -0.3 is 11.1 Å². The Bertz CT molecular complexity index is 1030. The highest BCUT2D eigenvalue weighted by atomic mass is 32.2. The Morgan fingerprint density at radius 2 is 2.10 bits per heavy atom. The van der Waals surface area contributed by atoms with Gasteiger partial charge in [-0.05, 0) is 30.2 Å². The number of amides is 1. The maximum Gasteiger partial charge on any atom is 0.258 e. The highest BCUT2D eigenvalue weighted by Crippen LogP contribution is 2.41. The van der Waals surface area contributed by atoms with Crippen LogP contribution in [0.5, 0.6) is 0 Å². The van der Waals surface area contributed by atoms with E-state index in [9.17, 15) is 13.2 Å². The van der Waals surface area contributed by atoms with Gasteiger partial charge >= 0.3 is 0 Å². The molecular formula is C20H22N4O3S2. The van der Waals surface area contributed by atoms with Crippen molar-refractivity contribution in [3.63, 3.8) is 0 Å². The van der Waals surface area contributed by atoms with Crippen molar-refractivity contribution in [3.8, 4) is 0 Å². The molecule has 1 aromatic carbocycles. The lowest BCUT2D eigenvalue weighted by Crippen LogP contribution is -2.32. The standard InChI is InChI=1S/C20H22N4O3S2/c21-16-7-9-24(13-16)29(26,27)17-5-3-14(4-6-17)11-23-20(25)18-10-15-2-1-8-22-12-19(15)28-18/h1-6,8,10,12,15-16H,7,9,11,13,21H2,(H,23,25). The SMILES string of the molecule is NC1CCN(S(=O)(=O)c2ccc(CNC(=O)C3=CC4C=CC=NC=C4S3)cc2)C1. The molecule has 1 fully saturated rings. The number of aliphatic imine (C=N–C) groups is 1. The molecule has 3 aliphatic heterocycles. The Morgan fingerprint density at radius 1 is 1.31 bits per heavy atom. The van der Waals surface area contributed by atoms with Gasteiger partial charge in [0.15, 0.2) is 0 Å². The number of carbonyl (C=O) groups excluding carboxylic acids is 1. The first-order valence-electron chi connectivity index (χ1n) is 9.36. The van der Waals surface area contributed by atoms with E-state index in [4.69, 9.17) is 5.73 Å². The summed E-state index contributed by atoms with van der Waals surface area (Å²) in [6.45, 7) is 1.13. The van der Waals surface area contributed by atoms with Crippen LogP contribution >= 0.6 is 11.8 Å². The number of rotatable bonds is 5. The molecule has 1 saturated heterocycles. The number of benzene rings is 1. The Kier molecular flexibility index (Phi) is 5.73. The number of carbonyl (C=O) groups is 1. The lowest BCUT2D eigenvalue weighted by atomic mass is 10.1. The lowest BCUT2D eigenvalue weighted by molar-refractivity contribution is -0.116. The normalized spacial score (nSPS) is 24.0. The van der Waals surface area contributed by atoms with Crippen LogP contribution in [0.3, 0.4) is 0 Å². The zero-order valence-electron chi connectivity index (χ0n) is 15.7. The fourth-order valence-electron chi connectivity index (χ4n) is 3.36. The molecule has 0 aliphatic carbocycles. The van der Waals surface area contributed by atoms with E-state index in [-0.39, 0.29) is 22.8 Å². The number of hydrogen-bond donors (Lipinski definition) is 2. The molecule has 0 spiro atoms. The molecule has 3 aliphatic rings. The van der Waals surface area contributed by atoms with Crippen molar-refractivity contribution in [2.45, 2.75) is 23.9 Å². The fraction of sp³-hybridized carbons (Fsp3) is 0.300. The molecule has 1 aromatic rings. The second kappa shape index (κ2) is 8.27. The van der Waals surface area contributed by atoms with Gasteiger partial charge in [0, 0.05) is 48.9 Å². The van der Waals surface area contributed by atoms with E-state index in [2.05, 4.69) is 10.3 Å².